The average Bonchev–Trinajstić information content (AvgIpc) is 2.51. The van der Waals surface area contributed by atoms with E-state index < -0.39 is 24.5 Å². The minimum Gasteiger partial charge on any atom is -0.508 e. The Kier molecular flexibility index (Phi) is 5.16. The van der Waals surface area contributed by atoms with Crippen LogP contribution in [0.15, 0.2) is 42.5 Å². The number of phenols is 2. The van der Waals surface area contributed by atoms with Crippen LogP contribution < -0.4 is 10.6 Å². The van der Waals surface area contributed by atoms with Crippen molar-refractivity contribution >= 4 is 17.5 Å². The van der Waals surface area contributed by atoms with E-state index in [0.29, 0.717) is 0 Å². The molecule has 0 aliphatic carbocycles. The van der Waals surface area contributed by atoms with Crippen LogP contribution in [0.4, 0.5) is 18.9 Å². The van der Waals surface area contributed by atoms with Gasteiger partial charge in [0, 0.05) is 23.9 Å². The van der Waals surface area contributed by atoms with Crippen molar-refractivity contribution in [2.24, 2.45) is 0 Å². The Morgan fingerprint density at radius 2 is 1.60 bits per heavy atom. The molecular weight excluding hydrogens is 341 g/mol. The van der Waals surface area contributed by atoms with Crippen LogP contribution in [0.5, 0.6) is 11.5 Å². The summed E-state index contributed by atoms with van der Waals surface area (Å²) in [5.74, 6) is -3.43. The molecule has 2 amide bonds. The lowest BCUT2D eigenvalue weighted by Crippen LogP contribution is -2.36. The van der Waals surface area contributed by atoms with Gasteiger partial charge in [0.15, 0.2) is 0 Å². The molecule has 0 radical (unpaired) electrons. The molecule has 0 atom stereocenters. The number of hydrogen-bond donors (Lipinski definition) is 4. The zero-order valence-electron chi connectivity index (χ0n) is 12.6. The largest absolute Gasteiger partial charge is 0.508 e. The van der Waals surface area contributed by atoms with Crippen molar-refractivity contribution in [1.29, 1.82) is 0 Å². The van der Waals surface area contributed by atoms with Gasteiger partial charge in [-0.1, -0.05) is 18.2 Å². The molecule has 132 valence electrons. The Hall–Kier alpha value is -3.23. The molecule has 0 unspecified atom stereocenters. The number of alkyl halides is 3. The molecular formula is C16H13F3N2O4. The van der Waals surface area contributed by atoms with Crippen LogP contribution in [-0.4, -0.2) is 28.2 Å². The molecule has 0 fully saturated rings. The highest BCUT2D eigenvalue weighted by molar-refractivity contribution is 6.05. The standard InChI is InChI=1S/C16H13F3N2O4/c17-16(18,19)15(25)20-8-9-3-1-2-4-13(9)21-14(24)10-5-11(22)7-12(23)6-10/h1-7,22-23H,8H2,(H,20,25)(H,21,24). The summed E-state index contributed by atoms with van der Waals surface area (Å²) in [5, 5.41) is 22.9. The number of anilines is 1. The molecule has 2 rings (SSSR count). The molecule has 0 aromatic heterocycles. The summed E-state index contributed by atoms with van der Waals surface area (Å²) in [6.07, 6.45) is -5.00. The van der Waals surface area contributed by atoms with Crippen LogP contribution in [0.25, 0.3) is 0 Å². The lowest BCUT2D eigenvalue weighted by Gasteiger charge is -2.13. The second-order valence-electron chi connectivity index (χ2n) is 5.03. The van der Waals surface area contributed by atoms with E-state index in [9.17, 15) is 33.0 Å². The van der Waals surface area contributed by atoms with Crippen molar-refractivity contribution < 1.29 is 33.0 Å². The topological polar surface area (TPSA) is 98.7 Å². The maximum absolute atomic E-state index is 12.2. The van der Waals surface area contributed by atoms with Gasteiger partial charge in [0.25, 0.3) is 5.91 Å². The molecule has 4 N–H and O–H groups in total. The first-order valence-electron chi connectivity index (χ1n) is 6.94. The Morgan fingerprint density at radius 3 is 2.20 bits per heavy atom. The minimum atomic E-state index is -5.00. The first kappa shape index (κ1) is 18.1. The smallest absolute Gasteiger partial charge is 0.471 e. The van der Waals surface area contributed by atoms with Gasteiger partial charge < -0.3 is 20.8 Å². The van der Waals surface area contributed by atoms with Crippen LogP contribution in [-0.2, 0) is 11.3 Å². The number of aromatic hydroxyl groups is 2. The third kappa shape index (κ3) is 4.87. The maximum atomic E-state index is 12.2. The highest BCUT2D eigenvalue weighted by Gasteiger charge is 2.38. The highest BCUT2D eigenvalue weighted by atomic mass is 19.4. The van der Waals surface area contributed by atoms with Crippen molar-refractivity contribution in [2.45, 2.75) is 12.7 Å². The lowest BCUT2D eigenvalue weighted by molar-refractivity contribution is -0.173. The summed E-state index contributed by atoms with van der Waals surface area (Å²) >= 11 is 0. The quantitative estimate of drug-likeness (QED) is 0.678. The predicted molar refractivity (Wildman–Crippen MR) is 82.1 cm³/mol. The van der Waals surface area contributed by atoms with Crippen molar-refractivity contribution in [3.8, 4) is 11.5 Å². The van der Waals surface area contributed by atoms with Crippen molar-refractivity contribution in [2.75, 3.05) is 5.32 Å². The van der Waals surface area contributed by atoms with Crippen LogP contribution in [0.2, 0.25) is 0 Å². The molecule has 0 bridgehead atoms. The third-order valence-electron chi connectivity index (χ3n) is 3.13. The Bertz CT molecular complexity index is 786. The Labute approximate surface area is 139 Å². The monoisotopic (exact) mass is 354 g/mol. The first-order chi connectivity index (χ1) is 11.7. The molecule has 0 aliphatic heterocycles. The van der Waals surface area contributed by atoms with Gasteiger partial charge in [-0.15, -0.1) is 0 Å². The predicted octanol–water partition coefficient (Wildman–Crippen LogP) is 2.53. The number of phenolic OH excluding ortho intramolecular Hbond substituents is 2. The second-order valence-corrected chi connectivity index (χ2v) is 5.03. The maximum Gasteiger partial charge on any atom is 0.471 e. The number of hydrogen-bond acceptors (Lipinski definition) is 4. The fourth-order valence-corrected chi connectivity index (χ4v) is 1.99. The molecule has 0 saturated heterocycles. The molecule has 0 spiro atoms. The summed E-state index contributed by atoms with van der Waals surface area (Å²) in [5.41, 5.74) is 0.377. The molecule has 0 aliphatic rings. The molecule has 2 aromatic rings. The van der Waals surface area contributed by atoms with E-state index >= 15 is 0 Å². The number of amides is 2. The number of halogens is 3. The van der Waals surface area contributed by atoms with Crippen LogP contribution >= 0.6 is 0 Å². The van der Waals surface area contributed by atoms with Gasteiger partial charge in [-0.2, -0.15) is 13.2 Å². The second kappa shape index (κ2) is 7.12. The van der Waals surface area contributed by atoms with Gasteiger partial charge in [0.1, 0.15) is 11.5 Å². The summed E-state index contributed by atoms with van der Waals surface area (Å²) < 4.78 is 36.7. The SMILES string of the molecule is O=C(Nc1ccccc1CNC(=O)C(F)(F)F)c1cc(O)cc(O)c1. The van der Waals surface area contributed by atoms with E-state index in [-0.39, 0.29) is 28.3 Å². The zero-order valence-corrected chi connectivity index (χ0v) is 12.6. The lowest BCUT2D eigenvalue weighted by atomic mass is 10.1. The van der Waals surface area contributed by atoms with Gasteiger partial charge >= 0.3 is 12.1 Å². The van der Waals surface area contributed by atoms with E-state index in [2.05, 4.69) is 5.32 Å². The first-order valence-corrected chi connectivity index (χ1v) is 6.94. The van der Waals surface area contributed by atoms with Gasteiger partial charge in [0.2, 0.25) is 0 Å². The van der Waals surface area contributed by atoms with E-state index in [1.807, 2.05) is 0 Å². The van der Waals surface area contributed by atoms with Crippen molar-refractivity contribution in [1.82, 2.24) is 5.32 Å². The number of benzene rings is 2. The van der Waals surface area contributed by atoms with Crippen LogP contribution in [0.3, 0.4) is 0 Å². The summed E-state index contributed by atoms with van der Waals surface area (Å²) in [7, 11) is 0. The van der Waals surface area contributed by atoms with E-state index in [0.717, 1.165) is 18.2 Å². The average molecular weight is 354 g/mol. The fraction of sp³-hybridized carbons (Fsp3) is 0.125. The summed E-state index contributed by atoms with van der Waals surface area (Å²) in [4.78, 5) is 23.1. The van der Waals surface area contributed by atoms with Crippen molar-refractivity contribution in [3.05, 3.63) is 53.6 Å². The van der Waals surface area contributed by atoms with Gasteiger partial charge in [-0.25, -0.2) is 0 Å². The van der Waals surface area contributed by atoms with Crippen LogP contribution in [0, 0.1) is 0 Å². The van der Waals surface area contributed by atoms with E-state index in [1.54, 1.807) is 11.4 Å². The number of para-hydroxylation sites is 1. The fourth-order valence-electron chi connectivity index (χ4n) is 1.99. The highest BCUT2D eigenvalue weighted by Crippen LogP contribution is 2.22. The van der Waals surface area contributed by atoms with E-state index in [1.165, 1.54) is 18.2 Å². The normalized spacial score (nSPS) is 11.0. The number of rotatable bonds is 4. The third-order valence-corrected chi connectivity index (χ3v) is 3.13. The van der Waals surface area contributed by atoms with E-state index in [4.69, 9.17) is 0 Å². The molecule has 2 aromatic carbocycles. The number of nitrogens with one attached hydrogen (secondary N) is 2. The van der Waals surface area contributed by atoms with Gasteiger partial charge in [-0.3, -0.25) is 9.59 Å². The van der Waals surface area contributed by atoms with Gasteiger partial charge in [0.05, 0.1) is 0 Å². The van der Waals surface area contributed by atoms with Crippen molar-refractivity contribution in [3.63, 3.8) is 0 Å². The molecule has 0 saturated carbocycles. The zero-order chi connectivity index (χ0) is 18.6. The molecule has 9 heteroatoms. The molecule has 0 heterocycles. The minimum absolute atomic E-state index is 0.0494. The number of carbonyl (C=O) groups is 2. The summed E-state index contributed by atoms with van der Waals surface area (Å²) in [6, 6.07) is 9.22. The molecule has 6 nitrogen and oxygen atoms in total. The Balaban J connectivity index is 2.15. The summed E-state index contributed by atoms with van der Waals surface area (Å²) in [6.45, 7) is -0.444. The molecule has 25 heavy (non-hydrogen) atoms. The van der Waals surface area contributed by atoms with Gasteiger partial charge in [-0.05, 0) is 23.8 Å². The Morgan fingerprint density at radius 1 is 1.00 bits per heavy atom. The number of carbonyl (C=O) groups excluding carboxylic acids is 2. The van der Waals surface area contributed by atoms with Crippen LogP contribution in [0.1, 0.15) is 15.9 Å².